The van der Waals surface area contributed by atoms with Crippen molar-refractivity contribution in [3.05, 3.63) is 28.2 Å². The van der Waals surface area contributed by atoms with E-state index < -0.39 is 11.8 Å². The van der Waals surface area contributed by atoms with Crippen LogP contribution >= 0.6 is 23.2 Å². The van der Waals surface area contributed by atoms with Gasteiger partial charge in [-0.2, -0.15) is 5.10 Å². The van der Waals surface area contributed by atoms with Crippen molar-refractivity contribution in [3.8, 4) is 0 Å². The van der Waals surface area contributed by atoms with Crippen LogP contribution in [-0.4, -0.2) is 18.0 Å². The van der Waals surface area contributed by atoms with Gasteiger partial charge in [-0.3, -0.25) is 9.59 Å². The smallest absolute Gasteiger partial charge is 0.318 e. The number of hydrogen-bond acceptors (Lipinski definition) is 3. The Balaban J connectivity index is 1.83. The Hall–Kier alpha value is -1.59. The summed E-state index contributed by atoms with van der Waals surface area (Å²) >= 11 is 11.6. The van der Waals surface area contributed by atoms with E-state index in [2.05, 4.69) is 15.8 Å². The topological polar surface area (TPSA) is 70.6 Å². The van der Waals surface area contributed by atoms with Crippen molar-refractivity contribution in [2.45, 2.75) is 32.1 Å². The molecule has 0 unspecified atom stereocenters. The van der Waals surface area contributed by atoms with Crippen LogP contribution in [0.15, 0.2) is 23.3 Å². The minimum absolute atomic E-state index is 0.355. The molecule has 1 aliphatic rings. The fraction of sp³-hybridized carbons (Fsp3) is 0.400. The molecular weight excluding hydrogens is 325 g/mol. The highest BCUT2D eigenvalue weighted by atomic mass is 35.5. The van der Waals surface area contributed by atoms with E-state index in [9.17, 15) is 9.59 Å². The lowest BCUT2D eigenvalue weighted by atomic mass is 9.90. The fourth-order valence-electron chi connectivity index (χ4n) is 2.35. The molecular formula is C15H17Cl2N3O2. The van der Waals surface area contributed by atoms with Gasteiger partial charge in [0.15, 0.2) is 0 Å². The maximum Gasteiger partial charge on any atom is 0.329 e. The van der Waals surface area contributed by atoms with E-state index >= 15 is 0 Å². The minimum atomic E-state index is -0.830. The number of halogens is 2. The van der Waals surface area contributed by atoms with Gasteiger partial charge in [-0.25, -0.2) is 5.43 Å². The number of carbonyl (C=O) groups excluding carboxylic acids is 2. The van der Waals surface area contributed by atoms with E-state index in [4.69, 9.17) is 23.2 Å². The molecule has 7 heteroatoms. The second kappa shape index (κ2) is 8.15. The van der Waals surface area contributed by atoms with E-state index in [0.29, 0.717) is 21.7 Å². The molecule has 1 saturated carbocycles. The monoisotopic (exact) mass is 341 g/mol. The maximum atomic E-state index is 11.7. The van der Waals surface area contributed by atoms with Gasteiger partial charge in [0.05, 0.1) is 0 Å². The summed E-state index contributed by atoms with van der Waals surface area (Å²) in [5, 5.41) is 7.02. The zero-order valence-electron chi connectivity index (χ0n) is 11.9. The molecule has 1 aliphatic carbocycles. The summed E-state index contributed by atoms with van der Waals surface area (Å²) in [7, 11) is 0. The maximum absolute atomic E-state index is 11.7. The highest BCUT2D eigenvalue weighted by molar-refractivity contribution is 6.40. The van der Waals surface area contributed by atoms with Gasteiger partial charge in [-0.15, -0.1) is 0 Å². The van der Waals surface area contributed by atoms with Gasteiger partial charge < -0.3 is 5.32 Å². The van der Waals surface area contributed by atoms with Gasteiger partial charge >= 0.3 is 11.8 Å². The average molecular weight is 342 g/mol. The molecule has 1 aromatic carbocycles. The SMILES string of the molecule is O=C(N/N=C/C1CCCCC1)C(=O)Nc1cc(Cl)cc(Cl)c1. The first-order valence-electron chi connectivity index (χ1n) is 7.15. The highest BCUT2D eigenvalue weighted by Crippen LogP contribution is 2.22. The summed E-state index contributed by atoms with van der Waals surface area (Å²) in [6.45, 7) is 0. The Morgan fingerprint density at radius 2 is 1.68 bits per heavy atom. The number of benzene rings is 1. The summed E-state index contributed by atoms with van der Waals surface area (Å²) < 4.78 is 0. The Kier molecular flexibility index (Phi) is 6.21. The van der Waals surface area contributed by atoms with E-state index in [1.165, 1.54) is 37.5 Å². The normalized spacial score (nSPS) is 15.7. The summed E-state index contributed by atoms with van der Waals surface area (Å²) in [4.78, 5) is 23.4. The van der Waals surface area contributed by atoms with Crippen molar-refractivity contribution in [1.29, 1.82) is 0 Å². The molecule has 0 atom stereocenters. The van der Waals surface area contributed by atoms with Crippen LogP contribution in [0.3, 0.4) is 0 Å². The quantitative estimate of drug-likeness (QED) is 0.500. The molecule has 118 valence electrons. The van der Waals surface area contributed by atoms with Crippen molar-refractivity contribution in [2.75, 3.05) is 5.32 Å². The average Bonchev–Trinajstić information content (AvgIpc) is 2.47. The molecule has 2 N–H and O–H groups in total. The van der Waals surface area contributed by atoms with Crippen molar-refractivity contribution in [3.63, 3.8) is 0 Å². The third-order valence-electron chi connectivity index (χ3n) is 3.43. The molecule has 2 rings (SSSR count). The molecule has 0 aliphatic heterocycles. The first-order valence-corrected chi connectivity index (χ1v) is 7.91. The van der Waals surface area contributed by atoms with Gasteiger partial charge in [-0.05, 0) is 37.0 Å². The lowest BCUT2D eigenvalue weighted by Gasteiger charge is -2.16. The van der Waals surface area contributed by atoms with E-state index in [-0.39, 0.29) is 0 Å². The van der Waals surface area contributed by atoms with Crippen molar-refractivity contribution in [1.82, 2.24) is 5.43 Å². The number of nitrogens with one attached hydrogen (secondary N) is 2. The summed E-state index contributed by atoms with van der Waals surface area (Å²) in [6, 6.07) is 4.54. The van der Waals surface area contributed by atoms with Gasteiger partial charge in [0.2, 0.25) is 0 Å². The molecule has 1 aromatic rings. The van der Waals surface area contributed by atoms with Crippen LogP contribution in [-0.2, 0) is 9.59 Å². The third-order valence-corrected chi connectivity index (χ3v) is 3.86. The lowest BCUT2D eigenvalue weighted by molar-refractivity contribution is -0.136. The predicted octanol–water partition coefficient (Wildman–Crippen LogP) is 3.61. The van der Waals surface area contributed by atoms with Gasteiger partial charge in [0.25, 0.3) is 0 Å². The Morgan fingerprint density at radius 3 is 2.32 bits per heavy atom. The minimum Gasteiger partial charge on any atom is -0.318 e. The molecule has 22 heavy (non-hydrogen) atoms. The Morgan fingerprint density at radius 1 is 1.05 bits per heavy atom. The standard InChI is InChI=1S/C15H17Cl2N3O2/c16-11-6-12(17)8-13(7-11)19-14(21)15(22)20-18-9-10-4-2-1-3-5-10/h6-10H,1-5H2,(H,19,21)(H,20,22)/b18-9+. The number of amides is 2. The van der Waals surface area contributed by atoms with Crippen molar-refractivity contribution >= 4 is 46.9 Å². The molecule has 1 fully saturated rings. The largest absolute Gasteiger partial charge is 0.329 e. The molecule has 0 spiro atoms. The summed E-state index contributed by atoms with van der Waals surface area (Å²) in [5.41, 5.74) is 2.59. The Bertz CT molecular complexity index is 564. The van der Waals surface area contributed by atoms with Gasteiger partial charge in [0.1, 0.15) is 0 Å². The molecule has 0 bridgehead atoms. The molecule has 0 heterocycles. The zero-order valence-corrected chi connectivity index (χ0v) is 13.5. The van der Waals surface area contributed by atoms with Crippen molar-refractivity contribution in [2.24, 2.45) is 11.0 Å². The number of rotatable bonds is 3. The van der Waals surface area contributed by atoms with E-state index in [1.807, 2.05) is 0 Å². The van der Waals surface area contributed by atoms with Crippen LogP contribution in [0, 0.1) is 5.92 Å². The number of hydrazone groups is 1. The van der Waals surface area contributed by atoms with Crippen LogP contribution in [0.4, 0.5) is 5.69 Å². The molecule has 2 amide bonds. The molecule has 0 aromatic heterocycles. The van der Waals surface area contributed by atoms with Gasteiger partial charge in [-0.1, -0.05) is 42.5 Å². The number of carbonyl (C=O) groups is 2. The fourth-order valence-corrected chi connectivity index (χ4v) is 2.88. The molecule has 0 saturated heterocycles. The first kappa shape index (κ1) is 16.8. The summed E-state index contributed by atoms with van der Waals surface area (Å²) in [5.74, 6) is -1.27. The zero-order chi connectivity index (χ0) is 15.9. The number of nitrogens with zero attached hydrogens (tertiary/aromatic N) is 1. The van der Waals surface area contributed by atoms with Crippen LogP contribution in [0.25, 0.3) is 0 Å². The van der Waals surface area contributed by atoms with Crippen LogP contribution < -0.4 is 10.7 Å². The third kappa shape index (κ3) is 5.31. The van der Waals surface area contributed by atoms with Crippen LogP contribution in [0.5, 0.6) is 0 Å². The number of hydrogen-bond donors (Lipinski definition) is 2. The van der Waals surface area contributed by atoms with Crippen LogP contribution in [0.2, 0.25) is 10.0 Å². The molecule has 5 nitrogen and oxygen atoms in total. The van der Waals surface area contributed by atoms with E-state index in [0.717, 1.165) is 12.8 Å². The van der Waals surface area contributed by atoms with E-state index in [1.54, 1.807) is 6.21 Å². The van der Waals surface area contributed by atoms with Crippen LogP contribution in [0.1, 0.15) is 32.1 Å². The van der Waals surface area contributed by atoms with Gasteiger partial charge in [0, 0.05) is 21.9 Å². The summed E-state index contributed by atoms with van der Waals surface area (Å²) in [6.07, 6.45) is 7.47. The predicted molar refractivity (Wildman–Crippen MR) is 88.3 cm³/mol. The second-order valence-electron chi connectivity index (χ2n) is 5.23. The van der Waals surface area contributed by atoms with Crippen molar-refractivity contribution < 1.29 is 9.59 Å². The number of anilines is 1. The Labute approximate surface area is 139 Å². The lowest BCUT2D eigenvalue weighted by Crippen LogP contribution is -2.32. The molecule has 0 radical (unpaired) electrons. The second-order valence-corrected chi connectivity index (χ2v) is 6.10. The highest BCUT2D eigenvalue weighted by Gasteiger charge is 2.14. The first-order chi connectivity index (χ1) is 10.5.